The molecule has 146 valence electrons. The minimum Gasteiger partial charge on any atom is -0.310 e. The summed E-state index contributed by atoms with van der Waals surface area (Å²) < 4.78 is 2.84. The van der Waals surface area contributed by atoms with Gasteiger partial charge in [0.05, 0.1) is 5.75 Å². The Balaban J connectivity index is 1.71. The van der Waals surface area contributed by atoms with Gasteiger partial charge >= 0.3 is 0 Å². The molecule has 0 aromatic carbocycles. The molecule has 0 radical (unpaired) electrons. The monoisotopic (exact) mass is 477 g/mol. The first-order valence-electron chi connectivity index (χ1n) is 8.65. The van der Waals surface area contributed by atoms with Crippen LogP contribution in [-0.2, 0) is 11.3 Å². The van der Waals surface area contributed by atoms with Crippen molar-refractivity contribution in [2.45, 2.75) is 31.5 Å². The molecule has 9 heteroatoms. The van der Waals surface area contributed by atoms with E-state index in [1.54, 1.807) is 29.7 Å². The second kappa shape index (κ2) is 9.49. The van der Waals surface area contributed by atoms with Crippen molar-refractivity contribution in [2.24, 2.45) is 0 Å². The van der Waals surface area contributed by atoms with E-state index in [4.69, 9.17) is 0 Å². The van der Waals surface area contributed by atoms with Crippen LogP contribution in [0.4, 0.5) is 5.82 Å². The normalized spacial score (nSPS) is 11.0. The Morgan fingerprint density at radius 1 is 1.43 bits per heavy atom. The maximum Gasteiger partial charge on any atom is 0.236 e. The van der Waals surface area contributed by atoms with Crippen LogP contribution in [0.5, 0.6) is 0 Å². The highest BCUT2D eigenvalue weighted by Crippen LogP contribution is 2.31. The molecular weight excluding hydrogens is 458 g/mol. The topological polar surface area (TPSA) is 72.7 Å². The molecule has 0 aliphatic carbocycles. The van der Waals surface area contributed by atoms with E-state index < -0.39 is 0 Å². The van der Waals surface area contributed by atoms with Crippen LogP contribution in [0.2, 0.25) is 0 Å². The zero-order chi connectivity index (χ0) is 20.1. The smallest absolute Gasteiger partial charge is 0.236 e. The number of anilines is 1. The lowest BCUT2D eigenvalue weighted by atomic mass is 10.1. The molecule has 0 saturated heterocycles. The van der Waals surface area contributed by atoms with E-state index in [0.717, 1.165) is 15.9 Å². The van der Waals surface area contributed by atoms with E-state index in [-0.39, 0.29) is 11.7 Å². The summed E-state index contributed by atoms with van der Waals surface area (Å²) in [6.07, 6.45) is 3.44. The first kappa shape index (κ1) is 20.8. The van der Waals surface area contributed by atoms with E-state index >= 15 is 0 Å². The van der Waals surface area contributed by atoms with Gasteiger partial charge in [0.15, 0.2) is 11.0 Å². The van der Waals surface area contributed by atoms with Gasteiger partial charge in [-0.3, -0.25) is 9.36 Å². The largest absolute Gasteiger partial charge is 0.310 e. The van der Waals surface area contributed by atoms with Crippen LogP contribution >= 0.6 is 39.0 Å². The van der Waals surface area contributed by atoms with Gasteiger partial charge in [-0.1, -0.05) is 31.7 Å². The highest BCUT2D eigenvalue weighted by molar-refractivity contribution is 9.10. The summed E-state index contributed by atoms with van der Waals surface area (Å²) >= 11 is 6.38. The molecule has 1 N–H and O–H groups in total. The van der Waals surface area contributed by atoms with Crippen molar-refractivity contribution in [1.82, 2.24) is 19.7 Å². The molecule has 0 saturated carbocycles. The van der Waals surface area contributed by atoms with Crippen molar-refractivity contribution >= 4 is 50.8 Å². The maximum absolute atomic E-state index is 12.2. The van der Waals surface area contributed by atoms with Crippen LogP contribution in [0, 0.1) is 0 Å². The first-order chi connectivity index (χ1) is 13.5. The number of thioether (sulfide) groups is 1. The predicted octanol–water partition coefficient (Wildman–Crippen LogP) is 5.20. The molecular formula is C19H20BrN5OS2. The fourth-order valence-electron chi connectivity index (χ4n) is 2.43. The number of carbonyl (C=O) groups is 1. The zero-order valence-corrected chi connectivity index (χ0v) is 18.8. The summed E-state index contributed by atoms with van der Waals surface area (Å²) in [5.41, 5.74) is 1.04. The minimum atomic E-state index is -0.146. The number of aromatic nitrogens is 4. The third kappa shape index (κ3) is 5.09. The average molecular weight is 478 g/mol. The number of rotatable bonds is 8. The standard InChI is InChI=1S/C19H20BrN5OS2/c1-4-7-25-18(13-8-15(12(2)3)27-10-13)23-24-19(25)28-11-17(26)22-16-6-5-14(20)9-21-16/h4-6,8-10,12H,1,7,11H2,2-3H3,(H,21,22,26). The Morgan fingerprint density at radius 2 is 2.25 bits per heavy atom. The third-order valence-corrected chi connectivity index (χ3v) is 6.47. The number of amides is 1. The molecule has 3 aromatic rings. The molecule has 0 aliphatic rings. The van der Waals surface area contributed by atoms with Crippen LogP contribution in [0.1, 0.15) is 24.6 Å². The van der Waals surface area contributed by atoms with E-state index in [1.807, 2.05) is 10.6 Å². The Kier molecular flexibility index (Phi) is 7.03. The molecule has 0 spiro atoms. The second-order valence-electron chi connectivity index (χ2n) is 6.30. The predicted molar refractivity (Wildman–Crippen MR) is 119 cm³/mol. The molecule has 0 aliphatic heterocycles. The molecule has 1 amide bonds. The van der Waals surface area contributed by atoms with Gasteiger partial charge < -0.3 is 5.32 Å². The Hall–Kier alpha value is -1.97. The van der Waals surface area contributed by atoms with Crippen LogP contribution < -0.4 is 5.32 Å². The fraction of sp³-hybridized carbons (Fsp3) is 0.263. The van der Waals surface area contributed by atoms with Crippen molar-refractivity contribution in [1.29, 1.82) is 0 Å². The van der Waals surface area contributed by atoms with Gasteiger partial charge in [-0.15, -0.1) is 28.1 Å². The zero-order valence-electron chi connectivity index (χ0n) is 15.6. The first-order valence-corrected chi connectivity index (χ1v) is 11.3. The Morgan fingerprint density at radius 3 is 2.89 bits per heavy atom. The van der Waals surface area contributed by atoms with E-state index in [2.05, 4.69) is 68.3 Å². The summed E-state index contributed by atoms with van der Waals surface area (Å²) in [5, 5.41) is 14.2. The van der Waals surface area contributed by atoms with Crippen LogP contribution in [0.25, 0.3) is 11.4 Å². The van der Waals surface area contributed by atoms with Crippen molar-refractivity contribution in [2.75, 3.05) is 11.1 Å². The van der Waals surface area contributed by atoms with Crippen LogP contribution in [0.15, 0.2) is 52.1 Å². The van der Waals surface area contributed by atoms with Gasteiger partial charge in [-0.05, 0) is 40.0 Å². The molecule has 0 fully saturated rings. The van der Waals surface area contributed by atoms with E-state index in [9.17, 15) is 4.79 Å². The number of thiophene rings is 1. The van der Waals surface area contributed by atoms with Crippen molar-refractivity contribution in [3.05, 3.63) is 51.8 Å². The summed E-state index contributed by atoms with van der Waals surface area (Å²) in [7, 11) is 0. The number of nitrogens with zero attached hydrogens (tertiary/aromatic N) is 4. The van der Waals surface area contributed by atoms with Gasteiger partial charge in [0, 0.05) is 33.0 Å². The Labute approximate surface area is 180 Å². The average Bonchev–Trinajstić information content (AvgIpc) is 3.29. The number of halogens is 1. The molecule has 28 heavy (non-hydrogen) atoms. The summed E-state index contributed by atoms with van der Waals surface area (Å²) in [6.45, 7) is 8.75. The molecule has 3 rings (SSSR count). The van der Waals surface area contributed by atoms with Crippen molar-refractivity contribution in [3.8, 4) is 11.4 Å². The van der Waals surface area contributed by atoms with Gasteiger partial charge in [0.2, 0.25) is 5.91 Å². The molecule has 3 heterocycles. The summed E-state index contributed by atoms with van der Waals surface area (Å²) in [4.78, 5) is 17.7. The molecule has 0 bridgehead atoms. The number of hydrogen-bond acceptors (Lipinski definition) is 6. The van der Waals surface area contributed by atoms with Gasteiger partial charge in [-0.2, -0.15) is 0 Å². The minimum absolute atomic E-state index is 0.146. The third-order valence-electron chi connectivity index (χ3n) is 3.80. The SMILES string of the molecule is C=CCn1c(SCC(=O)Nc2ccc(Br)cn2)nnc1-c1csc(C(C)C)c1. The van der Waals surface area contributed by atoms with Crippen molar-refractivity contribution < 1.29 is 4.79 Å². The highest BCUT2D eigenvalue weighted by Gasteiger charge is 2.17. The molecule has 0 unspecified atom stereocenters. The number of pyridine rings is 1. The quantitative estimate of drug-likeness (QED) is 0.356. The number of nitrogens with one attached hydrogen (secondary N) is 1. The maximum atomic E-state index is 12.2. The van der Waals surface area contributed by atoms with E-state index in [0.29, 0.717) is 23.4 Å². The number of carbonyl (C=O) groups excluding carboxylic acids is 1. The lowest BCUT2D eigenvalue weighted by molar-refractivity contribution is -0.113. The Bertz CT molecular complexity index is 965. The van der Waals surface area contributed by atoms with E-state index in [1.165, 1.54) is 16.6 Å². The highest BCUT2D eigenvalue weighted by atomic mass is 79.9. The lowest BCUT2D eigenvalue weighted by Gasteiger charge is -2.07. The van der Waals surface area contributed by atoms with Crippen molar-refractivity contribution in [3.63, 3.8) is 0 Å². The van der Waals surface area contributed by atoms with Crippen LogP contribution in [0.3, 0.4) is 0 Å². The second-order valence-corrected chi connectivity index (χ2v) is 9.10. The molecule has 6 nitrogen and oxygen atoms in total. The molecule has 3 aromatic heterocycles. The lowest BCUT2D eigenvalue weighted by Crippen LogP contribution is -2.15. The van der Waals surface area contributed by atoms with Gasteiger partial charge in [-0.25, -0.2) is 4.98 Å². The fourth-order valence-corrected chi connectivity index (χ4v) is 4.32. The summed E-state index contributed by atoms with van der Waals surface area (Å²) in [6, 6.07) is 5.72. The molecule has 0 atom stereocenters. The summed E-state index contributed by atoms with van der Waals surface area (Å²) in [5.74, 6) is 1.85. The van der Waals surface area contributed by atoms with Crippen LogP contribution in [-0.4, -0.2) is 31.4 Å². The van der Waals surface area contributed by atoms with Gasteiger partial charge in [0.25, 0.3) is 0 Å². The van der Waals surface area contributed by atoms with Gasteiger partial charge in [0.1, 0.15) is 5.82 Å². The number of allylic oxidation sites excluding steroid dienone is 1. The number of hydrogen-bond donors (Lipinski definition) is 1.